The minimum absolute atomic E-state index is 0. The number of hydrogen-bond donors (Lipinski definition) is 1. The maximum Gasteiger partial charge on any atom is 0.259 e. The van der Waals surface area contributed by atoms with Gasteiger partial charge in [-0.2, -0.15) is 10.2 Å². The van der Waals surface area contributed by atoms with Crippen molar-refractivity contribution < 1.29 is 10.0 Å². The van der Waals surface area contributed by atoms with Gasteiger partial charge in [-0.15, -0.1) is 0 Å². The third kappa shape index (κ3) is 6.01. The molecule has 0 fully saturated rings. The number of aromatic hydroxyl groups is 1. The second-order valence-electron chi connectivity index (χ2n) is 9.08. The van der Waals surface area contributed by atoms with Gasteiger partial charge in [-0.25, -0.2) is 0 Å². The average Bonchev–Trinajstić information content (AvgIpc) is 2.52. The second-order valence-corrected chi connectivity index (χ2v) is 9.08. The molecule has 1 aliphatic carbocycles. The quantitative estimate of drug-likeness (QED) is 0.362. The van der Waals surface area contributed by atoms with Crippen molar-refractivity contribution in [3.63, 3.8) is 0 Å². The first-order valence-corrected chi connectivity index (χ1v) is 9.13. The van der Waals surface area contributed by atoms with E-state index in [4.69, 9.17) is 0 Å². The van der Waals surface area contributed by atoms with Gasteiger partial charge in [0.15, 0.2) is 6.04 Å². The number of rotatable bonds is 5. The van der Waals surface area contributed by atoms with Gasteiger partial charge in [0.25, 0.3) is 6.04 Å². The number of benzene rings is 1. The molecule has 6 nitrogen and oxygen atoms in total. The van der Waals surface area contributed by atoms with Crippen LogP contribution in [0.15, 0.2) is 52.2 Å². The Morgan fingerprint density at radius 3 is 2.43 bits per heavy atom. The second kappa shape index (κ2) is 8.67. The van der Waals surface area contributed by atoms with Crippen LogP contribution in [-0.4, -0.2) is 22.1 Å². The first kappa shape index (κ1) is 23.5. The van der Waals surface area contributed by atoms with Crippen LogP contribution in [0.1, 0.15) is 61.0 Å². The molecule has 1 N–H and O–H groups in total. The molecule has 2 unspecified atom stereocenters. The highest BCUT2D eigenvalue weighted by Crippen LogP contribution is 2.39. The predicted molar refractivity (Wildman–Crippen MR) is 114 cm³/mol. The number of hydrogen-bond acceptors (Lipinski definition) is 5. The van der Waals surface area contributed by atoms with Gasteiger partial charge in [-0.05, 0) is 53.5 Å². The van der Waals surface area contributed by atoms with Crippen molar-refractivity contribution in [1.82, 2.24) is 0 Å². The summed E-state index contributed by atoms with van der Waals surface area (Å²) in [5, 5.41) is 29.7. The van der Waals surface area contributed by atoms with Crippen molar-refractivity contribution in [2.45, 2.75) is 72.9 Å². The third-order valence-corrected chi connectivity index (χ3v) is 4.61. The van der Waals surface area contributed by atoms with Crippen molar-refractivity contribution >= 4 is 5.69 Å². The monoisotopic (exact) mass is 387 g/mol. The molecule has 2 rings (SSSR count). The van der Waals surface area contributed by atoms with Crippen LogP contribution in [0.25, 0.3) is 0 Å². The molecule has 0 radical (unpaired) electrons. The van der Waals surface area contributed by atoms with Crippen LogP contribution in [0.4, 0.5) is 5.69 Å². The van der Waals surface area contributed by atoms with Crippen LogP contribution in [0, 0.1) is 15.5 Å². The average molecular weight is 388 g/mol. The van der Waals surface area contributed by atoms with Crippen LogP contribution >= 0.6 is 0 Å². The molecular weight excluding hydrogens is 354 g/mol. The predicted octanol–water partition coefficient (Wildman–Crippen LogP) is 6.36. The number of nitro groups is 1. The van der Waals surface area contributed by atoms with E-state index in [2.05, 4.69) is 44.8 Å². The standard InChI is InChI=1S/C21H29N3O3.CH4/c1-14-7-9-16(18(11-14)24(26)27)22-23-17-12-15(8-10-19(17)25)21(5,6)13-20(2,3)4;/h7-12,16,18,25H,13H2,1-6H3;1H4. The largest absolute Gasteiger partial charge is 0.506 e. The van der Waals surface area contributed by atoms with E-state index in [-0.39, 0.29) is 28.9 Å². The Bertz CT molecular complexity index is 802. The summed E-state index contributed by atoms with van der Waals surface area (Å²) in [4.78, 5) is 10.9. The lowest BCUT2D eigenvalue weighted by molar-refractivity contribution is -0.510. The SMILES string of the molecule is C.CC1=CC([N+](=O)[O-])C(N=Nc2cc(C(C)(C)CC(C)(C)C)ccc2O)C=C1. The van der Waals surface area contributed by atoms with Gasteiger partial charge in [-0.1, -0.05) is 60.3 Å². The van der Waals surface area contributed by atoms with Gasteiger partial charge in [0.05, 0.1) is 0 Å². The molecule has 0 amide bonds. The summed E-state index contributed by atoms with van der Waals surface area (Å²) in [6, 6.07) is 3.70. The fourth-order valence-corrected chi connectivity index (χ4v) is 3.66. The Labute approximate surface area is 168 Å². The van der Waals surface area contributed by atoms with Gasteiger partial charge >= 0.3 is 0 Å². The lowest BCUT2D eigenvalue weighted by Gasteiger charge is -2.33. The maximum absolute atomic E-state index is 11.3. The zero-order valence-corrected chi connectivity index (χ0v) is 16.9. The van der Waals surface area contributed by atoms with E-state index in [9.17, 15) is 15.2 Å². The summed E-state index contributed by atoms with van der Waals surface area (Å²) in [5.74, 6) is 0.0122. The molecule has 154 valence electrons. The molecule has 0 saturated carbocycles. The minimum atomic E-state index is -0.943. The molecule has 2 atom stereocenters. The molecule has 0 heterocycles. The van der Waals surface area contributed by atoms with Crippen LogP contribution in [-0.2, 0) is 5.41 Å². The Balaban J connectivity index is 0.00000392. The van der Waals surface area contributed by atoms with E-state index in [1.165, 1.54) is 0 Å². The smallest absolute Gasteiger partial charge is 0.259 e. The summed E-state index contributed by atoms with van der Waals surface area (Å²) in [5.41, 5.74) is 2.25. The van der Waals surface area contributed by atoms with Crippen LogP contribution in [0.5, 0.6) is 5.75 Å². The Morgan fingerprint density at radius 2 is 1.86 bits per heavy atom. The maximum atomic E-state index is 11.3. The lowest BCUT2D eigenvalue weighted by Crippen LogP contribution is -2.30. The van der Waals surface area contributed by atoms with Crippen LogP contribution in [0.3, 0.4) is 0 Å². The molecule has 6 heteroatoms. The van der Waals surface area contributed by atoms with E-state index >= 15 is 0 Å². The Kier molecular flexibility index (Phi) is 7.29. The molecule has 28 heavy (non-hydrogen) atoms. The normalized spacial score (nSPS) is 20.0. The Hall–Kier alpha value is -2.50. The molecule has 0 spiro atoms. The van der Waals surface area contributed by atoms with Gasteiger partial charge in [-0.3, -0.25) is 10.1 Å². The lowest BCUT2D eigenvalue weighted by atomic mass is 9.72. The van der Waals surface area contributed by atoms with E-state index in [0.717, 1.165) is 17.6 Å². The van der Waals surface area contributed by atoms with E-state index in [1.54, 1.807) is 24.3 Å². The molecule has 1 aromatic carbocycles. The van der Waals surface area contributed by atoms with E-state index in [0.29, 0.717) is 5.69 Å². The number of azo groups is 1. The summed E-state index contributed by atoms with van der Waals surface area (Å²) in [6.45, 7) is 12.7. The number of phenols is 1. The van der Waals surface area contributed by atoms with Gasteiger partial charge in [0.1, 0.15) is 11.4 Å². The van der Waals surface area contributed by atoms with Crippen molar-refractivity contribution in [1.29, 1.82) is 0 Å². The fraction of sp³-hybridized carbons (Fsp3) is 0.545. The highest BCUT2D eigenvalue weighted by Gasteiger charge is 2.30. The zero-order valence-electron chi connectivity index (χ0n) is 16.9. The highest BCUT2D eigenvalue weighted by atomic mass is 16.6. The number of nitrogens with zero attached hydrogens (tertiary/aromatic N) is 3. The Morgan fingerprint density at radius 1 is 1.21 bits per heavy atom. The molecular formula is C22H33N3O3. The summed E-state index contributed by atoms with van der Waals surface area (Å²) in [6.07, 6.45) is 6.01. The number of phenolic OH excluding ortho intramolecular Hbond substituents is 1. The zero-order chi connectivity index (χ0) is 20.4. The number of allylic oxidation sites excluding steroid dienone is 2. The van der Waals surface area contributed by atoms with Crippen molar-refractivity contribution in [3.05, 3.63) is 57.7 Å². The van der Waals surface area contributed by atoms with Gasteiger partial charge < -0.3 is 5.11 Å². The van der Waals surface area contributed by atoms with Crippen molar-refractivity contribution in [3.8, 4) is 5.75 Å². The molecule has 0 bridgehead atoms. The van der Waals surface area contributed by atoms with Crippen molar-refractivity contribution in [2.75, 3.05) is 0 Å². The van der Waals surface area contributed by atoms with Gasteiger partial charge in [0, 0.05) is 4.92 Å². The summed E-state index contributed by atoms with van der Waals surface area (Å²) in [7, 11) is 0. The van der Waals surface area contributed by atoms with Crippen LogP contribution in [0.2, 0.25) is 0 Å². The molecule has 0 saturated heterocycles. The minimum Gasteiger partial charge on any atom is -0.506 e. The van der Waals surface area contributed by atoms with Gasteiger partial charge in [0.2, 0.25) is 0 Å². The van der Waals surface area contributed by atoms with E-state index in [1.807, 2.05) is 19.1 Å². The molecule has 0 aromatic heterocycles. The first-order chi connectivity index (χ1) is 12.4. The topological polar surface area (TPSA) is 88.1 Å². The molecule has 1 aromatic rings. The summed E-state index contributed by atoms with van der Waals surface area (Å²) >= 11 is 0. The van der Waals surface area contributed by atoms with Crippen LogP contribution < -0.4 is 0 Å². The van der Waals surface area contributed by atoms with E-state index < -0.39 is 12.1 Å². The molecule has 0 aliphatic heterocycles. The fourth-order valence-electron chi connectivity index (χ4n) is 3.66. The summed E-state index contributed by atoms with van der Waals surface area (Å²) < 4.78 is 0. The van der Waals surface area contributed by atoms with Crippen molar-refractivity contribution in [2.24, 2.45) is 15.6 Å². The molecule has 1 aliphatic rings. The third-order valence-electron chi connectivity index (χ3n) is 4.61. The first-order valence-electron chi connectivity index (χ1n) is 9.13. The highest BCUT2D eigenvalue weighted by molar-refractivity contribution is 5.53.